The summed E-state index contributed by atoms with van der Waals surface area (Å²) in [4.78, 5) is 15.3. The maximum atomic E-state index is 12.1. The van der Waals surface area contributed by atoms with E-state index in [1.54, 1.807) is 25.3 Å². The van der Waals surface area contributed by atoms with Crippen molar-refractivity contribution in [3.63, 3.8) is 0 Å². The molecule has 3 aromatic rings. The lowest BCUT2D eigenvalue weighted by Gasteiger charge is -2.08. The lowest BCUT2D eigenvalue weighted by atomic mass is 10.1. The molecule has 2 aromatic carbocycles. The quantitative estimate of drug-likeness (QED) is 0.764. The van der Waals surface area contributed by atoms with Gasteiger partial charge in [-0.1, -0.05) is 17.7 Å². The van der Waals surface area contributed by atoms with Crippen molar-refractivity contribution in [3.05, 3.63) is 59.2 Å². The summed E-state index contributed by atoms with van der Waals surface area (Å²) in [5.41, 5.74) is 2.67. The first kappa shape index (κ1) is 14.5. The number of amides is 1. The maximum absolute atomic E-state index is 12.1. The van der Waals surface area contributed by atoms with Crippen LogP contribution in [0.4, 0.5) is 5.69 Å². The third-order valence-electron chi connectivity index (χ3n) is 3.42. The predicted octanol–water partition coefficient (Wildman–Crippen LogP) is 4.01. The highest BCUT2D eigenvalue weighted by atomic mass is 35.5. The number of halogens is 1. The minimum atomic E-state index is -0.0869. The Hall–Kier alpha value is -2.46. The molecule has 0 bridgehead atoms. The van der Waals surface area contributed by atoms with Gasteiger partial charge in [0.15, 0.2) is 0 Å². The number of fused-ring (bicyclic) bond motifs is 1. The molecule has 3 rings (SSSR count). The maximum Gasteiger partial charge on any atom is 0.228 e. The Balaban J connectivity index is 1.70. The number of anilines is 1. The summed E-state index contributed by atoms with van der Waals surface area (Å²) in [6.07, 6.45) is 2.19. The van der Waals surface area contributed by atoms with Crippen molar-refractivity contribution >= 4 is 34.1 Å². The molecule has 22 heavy (non-hydrogen) atoms. The second-order valence-electron chi connectivity index (χ2n) is 4.97. The van der Waals surface area contributed by atoms with Gasteiger partial charge in [-0.25, -0.2) is 0 Å². The molecule has 0 atom stereocenters. The van der Waals surface area contributed by atoms with Crippen LogP contribution in [-0.2, 0) is 11.2 Å². The molecule has 2 N–H and O–H groups in total. The summed E-state index contributed by atoms with van der Waals surface area (Å²) in [5.74, 6) is 0.494. The van der Waals surface area contributed by atoms with Gasteiger partial charge in [0.25, 0.3) is 0 Å². The fraction of sp³-hybridized carbons (Fsp3) is 0.118. The van der Waals surface area contributed by atoms with Gasteiger partial charge in [-0.2, -0.15) is 0 Å². The fourth-order valence-corrected chi connectivity index (χ4v) is 2.61. The Morgan fingerprint density at radius 1 is 1.23 bits per heavy atom. The molecule has 5 heteroatoms. The van der Waals surface area contributed by atoms with E-state index in [-0.39, 0.29) is 5.91 Å². The van der Waals surface area contributed by atoms with Crippen molar-refractivity contribution in [2.75, 3.05) is 12.4 Å². The largest absolute Gasteiger partial charge is 0.495 e. The van der Waals surface area contributed by atoms with Crippen LogP contribution in [0.15, 0.2) is 48.7 Å². The molecule has 4 nitrogen and oxygen atoms in total. The molecule has 112 valence electrons. The van der Waals surface area contributed by atoms with Gasteiger partial charge in [0.1, 0.15) is 5.75 Å². The Kier molecular flexibility index (Phi) is 4.02. The van der Waals surface area contributed by atoms with E-state index in [4.69, 9.17) is 16.3 Å². The van der Waals surface area contributed by atoms with Crippen molar-refractivity contribution < 1.29 is 9.53 Å². The second kappa shape index (κ2) is 6.12. The van der Waals surface area contributed by atoms with E-state index in [1.807, 2.05) is 30.5 Å². The van der Waals surface area contributed by atoms with E-state index >= 15 is 0 Å². The summed E-state index contributed by atoms with van der Waals surface area (Å²) in [5, 5.41) is 4.40. The average molecular weight is 315 g/mol. The highest BCUT2D eigenvalue weighted by Gasteiger charge is 2.07. The number of aromatic nitrogens is 1. The van der Waals surface area contributed by atoms with E-state index in [0.717, 1.165) is 16.5 Å². The minimum absolute atomic E-state index is 0.0869. The SMILES string of the molecule is COc1ccc(NC(=O)Cc2ccc3[nH]ccc3c2)cc1Cl. The second-order valence-corrected chi connectivity index (χ2v) is 5.38. The number of benzene rings is 2. The van der Waals surface area contributed by atoms with E-state index in [0.29, 0.717) is 22.9 Å². The highest BCUT2D eigenvalue weighted by Crippen LogP contribution is 2.27. The van der Waals surface area contributed by atoms with Crippen LogP contribution >= 0.6 is 11.6 Å². The van der Waals surface area contributed by atoms with Crippen LogP contribution in [0.1, 0.15) is 5.56 Å². The van der Waals surface area contributed by atoms with Gasteiger partial charge < -0.3 is 15.0 Å². The van der Waals surface area contributed by atoms with E-state index in [2.05, 4.69) is 10.3 Å². The molecule has 1 amide bonds. The Bertz CT molecular complexity index is 826. The minimum Gasteiger partial charge on any atom is -0.495 e. The van der Waals surface area contributed by atoms with Gasteiger partial charge in [0.05, 0.1) is 18.6 Å². The number of H-pyrrole nitrogens is 1. The van der Waals surface area contributed by atoms with Gasteiger partial charge in [0.2, 0.25) is 5.91 Å². The van der Waals surface area contributed by atoms with Crippen LogP contribution in [0.25, 0.3) is 10.9 Å². The monoisotopic (exact) mass is 314 g/mol. The molecule has 0 saturated carbocycles. The standard InChI is InChI=1S/C17H15ClN2O2/c1-22-16-5-3-13(10-14(16)18)20-17(21)9-11-2-4-15-12(8-11)6-7-19-15/h2-8,10,19H,9H2,1H3,(H,20,21). The number of aromatic amines is 1. The first-order valence-electron chi connectivity index (χ1n) is 6.85. The lowest BCUT2D eigenvalue weighted by molar-refractivity contribution is -0.115. The number of methoxy groups -OCH3 is 1. The lowest BCUT2D eigenvalue weighted by Crippen LogP contribution is -2.14. The van der Waals surface area contributed by atoms with Gasteiger partial charge in [-0.15, -0.1) is 0 Å². The first-order chi connectivity index (χ1) is 10.7. The number of ether oxygens (including phenoxy) is 1. The number of nitrogens with one attached hydrogen (secondary N) is 2. The van der Waals surface area contributed by atoms with Gasteiger partial charge in [-0.3, -0.25) is 4.79 Å². The van der Waals surface area contributed by atoms with Crippen LogP contribution in [0.3, 0.4) is 0 Å². The van der Waals surface area contributed by atoms with Gasteiger partial charge in [0, 0.05) is 17.4 Å². The molecule has 0 aliphatic rings. The number of carbonyl (C=O) groups is 1. The Morgan fingerprint density at radius 3 is 2.86 bits per heavy atom. The van der Waals surface area contributed by atoms with Gasteiger partial charge in [-0.05, 0) is 47.3 Å². The third kappa shape index (κ3) is 3.07. The predicted molar refractivity (Wildman–Crippen MR) is 88.6 cm³/mol. The first-order valence-corrected chi connectivity index (χ1v) is 7.23. The molecular weight excluding hydrogens is 300 g/mol. The average Bonchev–Trinajstić information content (AvgIpc) is 2.95. The zero-order valence-electron chi connectivity index (χ0n) is 12.0. The van der Waals surface area contributed by atoms with E-state index in [9.17, 15) is 4.79 Å². The normalized spacial score (nSPS) is 10.6. The topological polar surface area (TPSA) is 54.1 Å². The van der Waals surface area contributed by atoms with E-state index < -0.39 is 0 Å². The van der Waals surface area contributed by atoms with Crippen LogP contribution in [0.2, 0.25) is 5.02 Å². The summed E-state index contributed by atoms with van der Waals surface area (Å²) >= 11 is 6.05. The molecule has 0 aliphatic carbocycles. The number of hydrogen-bond acceptors (Lipinski definition) is 2. The van der Waals surface area contributed by atoms with Crippen molar-refractivity contribution in [1.82, 2.24) is 4.98 Å². The van der Waals surface area contributed by atoms with Crippen LogP contribution in [0, 0.1) is 0 Å². The smallest absolute Gasteiger partial charge is 0.228 e. The van der Waals surface area contributed by atoms with Crippen molar-refractivity contribution in [3.8, 4) is 5.75 Å². The van der Waals surface area contributed by atoms with E-state index in [1.165, 1.54) is 0 Å². The number of hydrogen-bond donors (Lipinski definition) is 2. The highest BCUT2D eigenvalue weighted by molar-refractivity contribution is 6.32. The number of carbonyl (C=O) groups excluding carboxylic acids is 1. The Labute approximate surface area is 133 Å². The molecule has 0 unspecified atom stereocenters. The van der Waals surface area contributed by atoms with Crippen molar-refractivity contribution in [2.45, 2.75) is 6.42 Å². The molecule has 1 heterocycles. The molecule has 0 spiro atoms. The zero-order chi connectivity index (χ0) is 15.5. The molecule has 0 radical (unpaired) electrons. The molecule has 0 saturated heterocycles. The molecular formula is C17H15ClN2O2. The fourth-order valence-electron chi connectivity index (χ4n) is 2.35. The molecule has 0 fully saturated rings. The van der Waals surface area contributed by atoms with Crippen LogP contribution in [0.5, 0.6) is 5.75 Å². The van der Waals surface area contributed by atoms with Crippen molar-refractivity contribution in [1.29, 1.82) is 0 Å². The summed E-state index contributed by atoms with van der Waals surface area (Å²) < 4.78 is 5.09. The molecule has 0 aliphatic heterocycles. The van der Waals surface area contributed by atoms with Crippen LogP contribution in [-0.4, -0.2) is 18.0 Å². The van der Waals surface area contributed by atoms with Crippen molar-refractivity contribution in [2.24, 2.45) is 0 Å². The summed E-state index contributed by atoms with van der Waals surface area (Å²) in [6.45, 7) is 0. The van der Waals surface area contributed by atoms with Gasteiger partial charge >= 0.3 is 0 Å². The Morgan fingerprint density at radius 2 is 2.09 bits per heavy atom. The van der Waals surface area contributed by atoms with Crippen LogP contribution < -0.4 is 10.1 Å². The zero-order valence-corrected chi connectivity index (χ0v) is 12.8. The third-order valence-corrected chi connectivity index (χ3v) is 3.71. The molecule has 1 aromatic heterocycles. The summed E-state index contributed by atoms with van der Waals surface area (Å²) in [6, 6.07) is 13.1. The number of rotatable bonds is 4. The summed E-state index contributed by atoms with van der Waals surface area (Å²) in [7, 11) is 1.55.